The first-order chi connectivity index (χ1) is 11.1. The number of urea groups is 1. The molecule has 1 aromatic carbocycles. The van der Waals surface area contributed by atoms with Crippen molar-refractivity contribution in [1.29, 1.82) is 0 Å². The first-order valence-corrected chi connectivity index (χ1v) is 8.90. The van der Waals surface area contributed by atoms with E-state index in [1.807, 2.05) is 31.2 Å². The van der Waals surface area contributed by atoms with Gasteiger partial charge in [0.1, 0.15) is 6.10 Å². The van der Waals surface area contributed by atoms with Crippen LogP contribution >= 0.6 is 23.8 Å². The number of benzene rings is 1. The number of hydrogen-bond donors (Lipinski definition) is 1. The number of rotatable bonds is 2. The largest absolute Gasteiger partial charge is 0.460 e. The van der Waals surface area contributed by atoms with Gasteiger partial charge in [-0.2, -0.15) is 0 Å². The van der Waals surface area contributed by atoms with Crippen molar-refractivity contribution < 1.29 is 9.53 Å². The maximum absolute atomic E-state index is 12.6. The SMILES string of the molecule is C[C@H]1[C@H](c2ccc(Cl)cc2)OC(=S)N1C(=O)NC1CCCCC1. The van der Waals surface area contributed by atoms with Crippen molar-refractivity contribution in [2.45, 2.75) is 57.2 Å². The molecule has 1 saturated heterocycles. The van der Waals surface area contributed by atoms with Gasteiger partial charge in [-0.3, -0.25) is 0 Å². The molecule has 1 saturated carbocycles. The van der Waals surface area contributed by atoms with Gasteiger partial charge in [-0.05, 0) is 49.7 Å². The summed E-state index contributed by atoms with van der Waals surface area (Å²) in [5.74, 6) is 0. The third kappa shape index (κ3) is 3.61. The zero-order valence-corrected chi connectivity index (χ0v) is 14.7. The minimum absolute atomic E-state index is 0.146. The normalized spacial score (nSPS) is 25.3. The highest BCUT2D eigenvalue weighted by Gasteiger charge is 2.41. The molecule has 3 rings (SSSR count). The Morgan fingerprint density at radius 3 is 2.57 bits per heavy atom. The molecule has 23 heavy (non-hydrogen) atoms. The van der Waals surface area contributed by atoms with Crippen molar-refractivity contribution in [1.82, 2.24) is 10.2 Å². The number of ether oxygens (including phenoxy) is 1. The average molecular weight is 353 g/mol. The Hall–Kier alpha value is -1.33. The molecule has 1 aliphatic carbocycles. The van der Waals surface area contributed by atoms with Crippen molar-refractivity contribution in [3.8, 4) is 0 Å². The molecule has 1 heterocycles. The second-order valence-electron chi connectivity index (χ2n) is 6.25. The van der Waals surface area contributed by atoms with Crippen LogP contribution in [0.2, 0.25) is 5.02 Å². The van der Waals surface area contributed by atoms with Gasteiger partial charge in [0.15, 0.2) is 0 Å². The van der Waals surface area contributed by atoms with E-state index in [1.165, 1.54) is 19.3 Å². The van der Waals surface area contributed by atoms with Gasteiger partial charge in [0.05, 0.1) is 6.04 Å². The van der Waals surface area contributed by atoms with Crippen LogP contribution < -0.4 is 5.32 Å². The van der Waals surface area contributed by atoms with E-state index in [9.17, 15) is 4.79 Å². The maximum atomic E-state index is 12.6. The van der Waals surface area contributed by atoms with Crippen LogP contribution in [0.1, 0.15) is 50.7 Å². The molecule has 2 amide bonds. The van der Waals surface area contributed by atoms with Crippen LogP contribution in [0.15, 0.2) is 24.3 Å². The number of carbonyl (C=O) groups excluding carboxylic acids is 1. The van der Waals surface area contributed by atoms with Crippen molar-refractivity contribution in [2.75, 3.05) is 0 Å². The molecule has 0 radical (unpaired) electrons. The van der Waals surface area contributed by atoms with E-state index in [1.54, 1.807) is 4.90 Å². The summed E-state index contributed by atoms with van der Waals surface area (Å²) in [7, 11) is 0. The van der Waals surface area contributed by atoms with Gasteiger partial charge in [0, 0.05) is 11.1 Å². The van der Waals surface area contributed by atoms with Crippen LogP contribution in [-0.2, 0) is 4.74 Å². The molecule has 6 heteroatoms. The summed E-state index contributed by atoms with van der Waals surface area (Å²) in [6, 6.07) is 7.42. The van der Waals surface area contributed by atoms with Gasteiger partial charge >= 0.3 is 6.03 Å². The highest BCUT2D eigenvalue weighted by atomic mass is 35.5. The molecule has 0 spiro atoms. The topological polar surface area (TPSA) is 41.6 Å². The molecule has 124 valence electrons. The first-order valence-electron chi connectivity index (χ1n) is 8.12. The van der Waals surface area contributed by atoms with Gasteiger partial charge in [-0.15, -0.1) is 0 Å². The molecule has 2 atom stereocenters. The Labute approximate surface area is 147 Å². The second-order valence-corrected chi connectivity index (χ2v) is 7.04. The van der Waals surface area contributed by atoms with Crippen LogP contribution in [-0.4, -0.2) is 28.2 Å². The standard InChI is InChI=1S/C17H21ClN2O2S/c1-11-15(12-7-9-13(18)10-8-12)22-17(23)20(11)16(21)19-14-5-3-2-4-6-14/h7-11,14-15H,2-6H2,1H3,(H,19,21)/t11-,15+/m0/s1. The van der Waals surface area contributed by atoms with Crippen LogP contribution in [0.25, 0.3) is 0 Å². The van der Waals surface area contributed by atoms with E-state index in [2.05, 4.69) is 5.32 Å². The molecule has 2 aliphatic rings. The van der Waals surface area contributed by atoms with E-state index in [4.69, 9.17) is 28.6 Å². The molecule has 0 aromatic heterocycles. The van der Waals surface area contributed by atoms with Gasteiger partial charge in [0.25, 0.3) is 5.17 Å². The van der Waals surface area contributed by atoms with Crippen molar-refractivity contribution >= 4 is 35.0 Å². The molecular weight excluding hydrogens is 332 g/mol. The summed E-state index contributed by atoms with van der Waals surface area (Å²) in [5, 5.41) is 4.02. The molecule has 1 N–H and O–H groups in total. The minimum atomic E-state index is -0.253. The lowest BCUT2D eigenvalue weighted by Crippen LogP contribution is -2.48. The summed E-state index contributed by atoms with van der Waals surface area (Å²) in [6.07, 6.45) is 5.44. The molecule has 0 unspecified atom stereocenters. The lowest BCUT2D eigenvalue weighted by molar-refractivity contribution is 0.188. The number of halogens is 1. The quantitative estimate of drug-likeness (QED) is 0.800. The molecule has 1 aromatic rings. The van der Waals surface area contributed by atoms with Crippen molar-refractivity contribution in [3.63, 3.8) is 0 Å². The minimum Gasteiger partial charge on any atom is -0.460 e. The fraction of sp³-hybridized carbons (Fsp3) is 0.529. The van der Waals surface area contributed by atoms with Gasteiger partial charge in [0.2, 0.25) is 0 Å². The Kier molecular flexibility index (Phi) is 5.07. The number of thiocarbonyl (C=S) groups is 1. The molecule has 1 aliphatic heterocycles. The third-order valence-electron chi connectivity index (χ3n) is 4.62. The summed E-state index contributed by atoms with van der Waals surface area (Å²) >= 11 is 11.2. The van der Waals surface area contributed by atoms with Gasteiger partial charge < -0.3 is 10.1 Å². The summed E-state index contributed by atoms with van der Waals surface area (Å²) in [5.41, 5.74) is 0.970. The Morgan fingerprint density at radius 1 is 1.26 bits per heavy atom. The van der Waals surface area contributed by atoms with Crippen LogP contribution in [0.5, 0.6) is 0 Å². The van der Waals surface area contributed by atoms with E-state index in [0.29, 0.717) is 5.02 Å². The molecular formula is C17H21ClN2O2S. The highest BCUT2D eigenvalue weighted by Crippen LogP contribution is 2.33. The molecule has 0 bridgehead atoms. The second kappa shape index (κ2) is 7.05. The molecule has 2 fully saturated rings. The average Bonchev–Trinajstić information content (AvgIpc) is 2.84. The van der Waals surface area contributed by atoms with E-state index < -0.39 is 0 Å². The monoisotopic (exact) mass is 352 g/mol. The zero-order chi connectivity index (χ0) is 16.4. The number of nitrogens with one attached hydrogen (secondary N) is 1. The Balaban J connectivity index is 1.69. The van der Waals surface area contributed by atoms with Gasteiger partial charge in [-0.1, -0.05) is 43.0 Å². The van der Waals surface area contributed by atoms with E-state index in [-0.39, 0.29) is 29.4 Å². The fourth-order valence-corrected chi connectivity index (χ4v) is 3.80. The lowest BCUT2D eigenvalue weighted by atomic mass is 9.96. The van der Waals surface area contributed by atoms with E-state index in [0.717, 1.165) is 18.4 Å². The Morgan fingerprint density at radius 2 is 1.91 bits per heavy atom. The number of carbonyl (C=O) groups is 1. The summed E-state index contributed by atoms with van der Waals surface area (Å²) in [6.45, 7) is 1.96. The summed E-state index contributed by atoms with van der Waals surface area (Å²) in [4.78, 5) is 14.2. The van der Waals surface area contributed by atoms with Crippen molar-refractivity contribution in [3.05, 3.63) is 34.9 Å². The Bertz CT molecular complexity index is 587. The molecule has 4 nitrogen and oxygen atoms in total. The van der Waals surface area contributed by atoms with Crippen LogP contribution in [0, 0.1) is 0 Å². The zero-order valence-electron chi connectivity index (χ0n) is 13.1. The fourth-order valence-electron chi connectivity index (χ4n) is 3.32. The smallest absolute Gasteiger partial charge is 0.325 e. The van der Waals surface area contributed by atoms with E-state index >= 15 is 0 Å². The first kappa shape index (κ1) is 16.5. The lowest BCUT2D eigenvalue weighted by Gasteiger charge is -2.27. The van der Waals surface area contributed by atoms with Crippen LogP contribution in [0.4, 0.5) is 4.79 Å². The van der Waals surface area contributed by atoms with Crippen molar-refractivity contribution in [2.24, 2.45) is 0 Å². The number of amides is 2. The maximum Gasteiger partial charge on any atom is 0.325 e. The van der Waals surface area contributed by atoms with Gasteiger partial charge in [-0.25, -0.2) is 9.69 Å². The number of hydrogen-bond acceptors (Lipinski definition) is 3. The third-order valence-corrected chi connectivity index (χ3v) is 5.16. The number of nitrogens with zero attached hydrogens (tertiary/aromatic N) is 1. The summed E-state index contributed by atoms with van der Waals surface area (Å²) < 4.78 is 5.78. The van der Waals surface area contributed by atoms with Crippen LogP contribution in [0.3, 0.4) is 0 Å². The predicted octanol–water partition coefficient (Wildman–Crippen LogP) is 4.43. The predicted molar refractivity (Wildman–Crippen MR) is 94.6 cm³/mol. The highest BCUT2D eigenvalue weighted by molar-refractivity contribution is 7.80.